The Morgan fingerprint density at radius 3 is 2.77 bits per heavy atom. The normalized spacial score (nSPS) is 11.2. The summed E-state index contributed by atoms with van der Waals surface area (Å²) in [6.45, 7) is 6.51. The average molecular weight is 495 g/mol. The Morgan fingerprint density at radius 2 is 1.97 bits per heavy atom. The number of thioether (sulfide) groups is 1. The van der Waals surface area contributed by atoms with Crippen LogP contribution in [0.1, 0.15) is 48.8 Å². The molecule has 10 nitrogen and oxygen atoms in total. The van der Waals surface area contributed by atoms with E-state index in [4.69, 9.17) is 9.72 Å². The van der Waals surface area contributed by atoms with Gasteiger partial charge in [0.05, 0.1) is 17.8 Å². The summed E-state index contributed by atoms with van der Waals surface area (Å²) in [5, 5.41) is 10.0. The number of H-pyrrole nitrogens is 2. The molecule has 4 rings (SSSR count). The number of nitrogens with one attached hydrogen (secondary N) is 2. The highest BCUT2D eigenvalue weighted by atomic mass is 32.2. The van der Waals surface area contributed by atoms with Gasteiger partial charge in [-0.3, -0.25) is 9.59 Å². The second-order valence-electron chi connectivity index (χ2n) is 7.84. The summed E-state index contributed by atoms with van der Waals surface area (Å²) in [5.41, 5.74) is 2.68. The maximum atomic E-state index is 12.7. The van der Waals surface area contributed by atoms with Crippen LogP contribution in [0.25, 0.3) is 22.1 Å². The molecule has 35 heavy (non-hydrogen) atoms. The van der Waals surface area contributed by atoms with Gasteiger partial charge in [0.2, 0.25) is 5.16 Å². The number of hydrogen-bond acceptors (Lipinski definition) is 8. The van der Waals surface area contributed by atoms with Crippen molar-refractivity contribution < 1.29 is 14.3 Å². The number of nitrogens with zero attached hydrogens (tertiary/aromatic N) is 4. The number of hydrogen-bond donors (Lipinski definition) is 2. The van der Waals surface area contributed by atoms with Gasteiger partial charge in [0.15, 0.2) is 11.4 Å². The molecule has 0 spiro atoms. The molecule has 0 saturated heterocycles. The van der Waals surface area contributed by atoms with Gasteiger partial charge < -0.3 is 19.3 Å². The van der Waals surface area contributed by atoms with Crippen LogP contribution in [0.15, 0.2) is 46.9 Å². The van der Waals surface area contributed by atoms with E-state index in [1.165, 1.54) is 11.8 Å². The van der Waals surface area contributed by atoms with Crippen molar-refractivity contribution >= 4 is 45.6 Å². The second-order valence-corrected chi connectivity index (χ2v) is 8.78. The number of esters is 1. The molecule has 0 saturated carbocycles. The van der Waals surface area contributed by atoms with Gasteiger partial charge in [0.25, 0.3) is 0 Å². The van der Waals surface area contributed by atoms with Crippen molar-refractivity contribution in [2.24, 2.45) is 0 Å². The molecule has 0 radical (unpaired) electrons. The highest BCUT2D eigenvalue weighted by Gasteiger charge is 2.18. The largest absolute Gasteiger partial charge is 0.466 e. The van der Waals surface area contributed by atoms with Gasteiger partial charge in [-0.25, -0.2) is 9.78 Å². The quantitative estimate of drug-likeness (QED) is 0.0998. The smallest absolute Gasteiger partial charge is 0.323 e. The number of Topliss-reactive ketones (excluding diaryl/α,β-unsaturated/α-hetero) is 1. The van der Waals surface area contributed by atoms with Crippen molar-refractivity contribution in [2.45, 2.75) is 50.1 Å². The van der Waals surface area contributed by atoms with E-state index in [0.29, 0.717) is 48.0 Å². The lowest BCUT2D eigenvalue weighted by Gasteiger charge is -2.04. The third-order valence-electron chi connectivity index (χ3n) is 5.44. The van der Waals surface area contributed by atoms with E-state index in [1.807, 2.05) is 28.8 Å². The van der Waals surface area contributed by atoms with Crippen LogP contribution in [0.4, 0.5) is 0 Å². The summed E-state index contributed by atoms with van der Waals surface area (Å²) in [6.07, 6.45) is 3.35. The topological polar surface area (TPSA) is 136 Å². The number of unbranched alkanes of at least 4 members (excludes halogenated alkanes) is 1. The number of allylic oxidation sites excluding steroid dienone is 1. The lowest BCUT2D eigenvalue weighted by molar-refractivity contribution is -0.143. The van der Waals surface area contributed by atoms with Crippen LogP contribution in [-0.2, 0) is 21.8 Å². The fraction of sp³-hybridized carbons (Fsp3) is 0.333. The van der Waals surface area contributed by atoms with E-state index in [9.17, 15) is 14.4 Å². The first-order chi connectivity index (χ1) is 17.0. The predicted octanol–water partition coefficient (Wildman–Crippen LogP) is 3.78. The third kappa shape index (κ3) is 5.51. The Hall–Kier alpha value is -3.73. The number of aromatic amines is 2. The molecule has 0 fully saturated rings. The van der Waals surface area contributed by atoms with E-state index in [2.05, 4.69) is 26.7 Å². The van der Waals surface area contributed by atoms with Crippen LogP contribution in [0.3, 0.4) is 0 Å². The lowest BCUT2D eigenvalue weighted by Crippen LogP contribution is -2.07. The number of carbonyl (C=O) groups excluding carboxylic acids is 2. The number of ether oxygens (including phenoxy) is 1. The second kappa shape index (κ2) is 11.1. The van der Waals surface area contributed by atoms with Crippen molar-refractivity contribution in [1.29, 1.82) is 0 Å². The third-order valence-corrected chi connectivity index (χ3v) is 6.30. The van der Waals surface area contributed by atoms with Crippen LogP contribution in [0.5, 0.6) is 0 Å². The first kappa shape index (κ1) is 24.4. The van der Waals surface area contributed by atoms with Crippen LogP contribution >= 0.6 is 11.8 Å². The number of ketones is 1. The number of aromatic nitrogens is 6. The molecule has 0 aliphatic carbocycles. The maximum Gasteiger partial charge on any atom is 0.323 e. The molecule has 3 heterocycles. The summed E-state index contributed by atoms with van der Waals surface area (Å²) in [6, 6.07) is 7.89. The first-order valence-corrected chi connectivity index (χ1v) is 12.4. The molecule has 0 bridgehead atoms. The van der Waals surface area contributed by atoms with Crippen LogP contribution < -0.4 is 5.69 Å². The highest BCUT2D eigenvalue weighted by Crippen LogP contribution is 2.28. The predicted molar refractivity (Wildman–Crippen MR) is 133 cm³/mol. The fourth-order valence-electron chi connectivity index (χ4n) is 3.88. The minimum absolute atomic E-state index is 0.191. The molecule has 0 amide bonds. The minimum Gasteiger partial charge on any atom is -0.466 e. The summed E-state index contributed by atoms with van der Waals surface area (Å²) >= 11 is 1.28. The Labute approximate surface area is 205 Å². The number of imidazole rings is 1. The molecular formula is C24H26N6O4S. The van der Waals surface area contributed by atoms with Gasteiger partial charge in [0.1, 0.15) is 11.2 Å². The minimum atomic E-state index is -0.448. The molecule has 2 N–H and O–H groups in total. The van der Waals surface area contributed by atoms with Crippen molar-refractivity contribution in [3.05, 3.63) is 58.8 Å². The highest BCUT2D eigenvalue weighted by molar-refractivity contribution is 7.98. The van der Waals surface area contributed by atoms with E-state index in [0.717, 1.165) is 10.9 Å². The van der Waals surface area contributed by atoms with Gasteiger partial charge in [0, 0.05) is 30.5 Å². The summed E-state index contributed by atoms with van der Waals surface area (Å²) in [7, 11) is 0. The van der Waals surface area contributed by atoms with Gasteiger partial charge in [-0.15, -0.1) is 16.8 Å². The van der Waals surface area contributed by atoms with Crippen molar-refractivity contribution in [2.75, 3.05) is 6.61 Å². The Kier molecular flexibility index (Phi) is 7.76. The molecule has 4 aromatic rings. The summed E-state index contributed by atoms with van der Waals surface area (Å²) in [4.78, 5) is 46.0. The number of fused-ring (bicyclic) bond motifs is 3. The molecule has 0 unspecified atom stereocenters. The molecule has 0 aliphatic heterocycles. The molecule has 0 atom stereocenters. The van der Waals surface area contributed by atoms with E-state index >= 15 is 0 Å². The Bertz CT molecular complexity index is 1440. The fourth-order valence-corrected chi connectivity index (χ4v) is 4.62. The van der Waals surface area contributed by atoms with Gasteiger partial charge in [-0.05, 0) is 25.8 Å². The van der Waals surface area contributed by atoms with E-state index in [1.54, 1.807) is 13.0 Å². The molecular weight excluding hydrogens is 468 g/mol. The lowest BCUT2D eigenvalue weighted by atomic mass is 10.1. The van der Waals surface area contributed by atoms with Crippen molar-refractivity contribution in [1.82, 2.24) is 29.7 Å². The summed E-state index contributed by atoms with van der Waals surface area (Å²) < 4.78 is 6.92. The molecule has 11 heteroatoms. The van der Waals surface area contributed by atoms with Crippen LogP contribution in [-0.4, -0.2) is 48.1 Å². The van der Waals surface area contributed by atoms with Gasteiger partial charge >= 0.3 is 11.7 Å². The number of benzene rings is 1. The number of para-hydroxylation sites is 1. The number of rotatable bonds is 12. The standard InChI is InChI=1S/C24H26N6O4S/c1-3-13-30-17-10-6-5-9-15(17)20-22(30)27-24(29-28-20)35-14-16-21(26-23(33)25-16)18(31)11-7-8-12-19(32)34-4-2/h3,5-6,9-10H,1,4,7-8,11-14H2,2H3,(H2,25,26,33). The van der Waals surface area contributed by atoms with Crippen LogP contribution in [0.2, 0.25) is 0 Å². The van der Waals surface area contributed by atoms with Crippen molar-refractivity contribution in [3.8, 4) is 0 Å². The zero-order valence-corrected chi connectivity index (χ0v) is 20.2. The monoisotopic (exact) mass is 494 g/mol. The first-order valence-electron chi connectivity index (χ1n) is 11.4. The van der Waals surface area contributed by atoms with Crippen molar-refractivity contribution in [3.63, 3.8) is 0 Å². The zero-order chi connectivity index (χ0) is 24.8. The molecule has 0 aliphatic rings. The molecule has 1 aromatic carbocycles. The zero-order valence-electron chi connectivity index (χ0n) is 19.4. The summed E-state index contributed by atoms with van der Waals surface area (Å²) in [5.74, 6) is -0.175. The van der Waals surface area contributed by atoms with Gasteiger partial charge in [-0.2, -0.15) is 0 Å². The van der Waals surface area contributed by atoms with E-state index in [-0.39, 0.29) is 36.0 Å². The average Bonchev–Trinajstić information content (AvgIpc) is 3.38. The van der Waals surface area contributed by atoms with Crippen LogP contribution in [0, 0.1) is 0 Å². The van der Waals surface area contributed by atoms with Gasteiger partial charge in [-0.1, -0.05) is 36.0 Å². The Balaban J connectivity index is 1.47. The molecule has 182 valence electrons. The maximum absolute atomic E-state index is 12.7. The van der Waals surface area contributed by atoms with E-state index < -0.39 is 5.69 Å². The number of carbonyl (C=O) groups is 2. The SMILES string of the molecule is C=CCn1c2ccccc2c2nnc(SCc3[nH]c(=O)[nH]c3C(=O)CCCCC(=O)OCC)nc21. The molecule has 3 aromatic heterocycles. The Morgan fingerprint density at radius 1 is 1.17 bits per heavy atom.